The van der Waals surface area contributed by atoms with Crippen LogP contribution in [-0.2, 0) is 9.31 Å². The highest BCUT2D eigenvalue weighted by atomic mass is 32.1. The van der Waals surface area contributed by atoms with Gasteiger partial charge in [0.25, 0.3) is 0 Å². The van der Waals surface area contributed by atoms with E-state index in [0.29, 0.717) is 0 Å². The Morgan fingerprint density at radius 2 is 1.35 bits per heavy atom. The minimum absolute atomic E-state index is 0.254. The molecule has 0 aromatic carbocycles. The molecule has 0 atom stereocenters. The third-order valence-corrected chi connectivity index (χ3v) is 10.7. The van der Waals surface area contributed by atoms with Gasteiger partial charge in [-0.2, -0.15) is 0 Å². The first-order valence-electron chi connectivity index (χ1n) is 8.06. The zero-order valence-electron chi connectivity index (χ0n) is 15.0. The van der Waals surface area contributed by atoms with Crippen molar-refractivity contribution in [2.75, 3.05) is 0 Å². The molecule has 2 nitrogen and oxygen atoms in total. The van der Waals surface area contributed by atoms with E-state index >= 15 is 0 Å². The van der Waals surface area contributed by atoms with Crippen LogP contribution in [-0.4, -0.2) is 26.4 Å². The van der Waals surface area contributed by atoms with Crippen molar-refractivity contribution >= 4 is 47.1 Å². The molecule has 1 saturated heterocycles. The standard InChI is InChI=1S/C17H25BO2S2Si/c1-16(2)17(3,4)20-18(19-16)14-10-8-12(21-14)13-9-11-15(22-13)23(5,6)7/h8-11H,1-7H3. The number of hydrogen-bond acceptors (Lipinski definition) is 4. The van der Waals surface area contributed by atoms with Crippen LogP contribution in [0.25, 0.3) is 9.75 Å². The smallest absolute Gasteiger partial charge is 0.399 e. The zero-order chi connectivity index (χ0) is 17.0. The lowest BCUT2D eigenvalue weighted by Gasteiger charge is -2.32. The van der Waals surface area contributed by atoms with Crippen molar-refractivity contribution in [2.45, 2.75) is 58.5 Å². The SMILES string of the molecule is CC1(C)OB(c2ccc(-c3ccc([Si](C)(C)C)s3)s2)OC1(C)C. The molecule has 0 amide bonds. The Balaban J connectivity index is 1.83. The Labute approximate surface area is 149 Å². The molecule has 2 aromatic heterocycles. The fourth-order valence-electron chi connectivity index (χ4n) is 2.44. The summed E-state index contributed by atoms with van der Waals surface area (Å²) < 4.78 is 15.0. The molecule has 3 rings (SSSR count). The van der Waals surface area contributed by atoms with Crippen LogP contribution in [0.15, 0.2) is 24.3 Å². The van der Waals surface area contributed by atoms with Crippen LogP contribution in [0.3, 0.4) is 0 Å². The van der Waals surface area contributed by atoms with Crippen LogP contribution >= 0.6 is 22.7 Å². The highest BCUT2D eigenvalue weighted by molar-refractivity contribution is 7.32. The van der Waals surface area contributed by atoms with Crippen LogP contribution in [0.5, 0.6) is 0 Å². The molecule has 3 heterocycles. The monoisotopic (exact) mass is 364 g/mol. The summed E-state index contributed by atoms with van der Waals surface area (Å²) in [5.74, 6) is 0. The van der Waals surface area contributed by atoms with E-state index < -0.39 is 8.07 Å². The maximum Gasteiger partial charge on any atom is 0.505 e. The first-order valence-corrected chi connectivity index (χ1v) is 13.2. The molecule has 0 N–H and O–H groups in total. The normalized spacial score (nSPS) is 20.2. The van der Waals surface area contributed by atoms with Gasteiger partial charge < -0.3 is 9.31 Å². The predicted molar refractivity (Wildman–Crippen MR) is 106 cm³/mol. The molecule has 0 saturated carbocycles. The summed E-state index contributed by atoms with van der Waals surface area (Å²) in [6.45, 7) is 15.6. The van der Waals surface area contributed by atoms with E-state index in [2.05, 4.69) is 71.6 Å². The van der Waals surface area contributed by atoms with E-state index in [0.717, 1.165) is 4.78 Å². The van der Waals surface area contributed by atoms with Crippen molar-refractivity contribution in [2.24, 2.45) is 0 Å². The van der Waals surface area contributed by atoms with Gasteiger partial charge in [0.15, 0.2) is 0 Å². The Bertz CT molecular complexity index is 696. The largest absolute Gasteiger partial charge is 0.505 e. The second kappa shape index (κ2) is 5.56. The van der Waals surface area contributed by atoms with Gasteiger partial charge in [-0.05, 0) is 44.3 Å². The van der Waals surface area contributed by atoms with Gasteiger partial charge in [-0.3, -0.25) is 0 Å². The van der Waals surface area contributed by atoms with Crippen LogP contribution in [0.2, 0.25) is 19.6 Å². The Morgan fingerprint density at radius 1 is 0.826 bits per heavy atom. The maximum atomic E-state index is 6.16. The van der Waals surface area contributed by atoms with Crippen molar-refractivity contribution in [3.63, 3.8) is 0 Å². The molecule has 2 aromatic rings. The summed E-state index contributed by atoms with van der Waals surface area (Å²) in [6, 6.07) is 8.92. The van der Waals surface area contributed by atoms with E-state index in [1.54, 1.807) is 15.8 Å². The summed E-state index contributed by atoms with van der Waals surface area (Å²) in [5.41, 5.74) is -0.564. The van der Waals surface area contributed by atoms with Crippen LogP contribution < -0.4 is 9.28 Å². The summed E-state index contributed by atoms with van der Waals surface area (Å²) in [7, 11) is -1.48. The number of hydrogen-bond donors (Lipinski definition) is 0. The summed E-state index contributed by atoms with van der Waals surface area (Å²) >= 11 is 3.72. The topological polar surface area (TPSA) is 18.5 Å². The zero-order valence-corrected chi connectivity index (χ0v) is 17.7. The first kappa shape index (κ1) is 17.4. The highest BCUT2D eigenvalue weighted by Crippen LogP contribution is 2.38. The van der Waals surface area contributed by atoms with E-state index in [1.807, 2.05) is 11.3 Å². The van der Waals surface area contributed by atoms with Gasteiger partial charge in [0.05, 0.1) is 19.3 Å². The van der Waals surface area contributed by atoms with Crippen LogP contribution in [0.1, 0.15) is 27.7 Å². The summed E-state index contributed by atoms with van der Waals surface area (Å²) in [4.78, 5) is 2.67. The fraction of sp³-hybridized carbons (Fsp3) is 0.529. The second-order valence-electron chi connectivity index (χ2n) is 8.20. The molecule has 0 bridgehead atoms. The van der Waals surface area contributed by atoms with Crippen LogP contribution in [0.4, 0.5) is 0 Å². The van der Waals surface area contributed by atoms with E-state index in [9.17, 15) is 0 Å². The highest BCUT2D eigenvalue weighted by Gasteiger charge is 2.52. The Kier molecular flexibility index (Phi) is 4.21. The lowest BCUT2D eigenvalue weighted by Crippen LogP contribution is -2.41. The summed E-state index contributed by atoms with van der Waals surface area (Å²) in [5, 5.41) is 0. The van der Waals surface area contributed by atoms with Crippen molar-refractivity contribution < 1.29 is 9.31 Å². The molecule has 0 unspecified atom stereocenters. The predicted octanol–water partition coefficient (Wildman–Crippen LogP) is 4.32. The molecule has 1 fully saturated rings. The Hall–Kier alpha value is -0.398. The molecular formula is C17H25BO2S2Si. The van der Waals surface area contributed by atoms with Crippen molar-refractivity contribution in [3.8, 4) is 9.75 Å². The minimum atomic E-state index is -1.23. The van der Waals surface area contributed by atoms with Gasteiger partial charge in [0.1, 0.15) is 0 Å². The molecule has 0 aliphatic carbocycles. The van der Waals surface area contributed by atoms with E-state index in [-0.39, 0.29) is 18.3 Å². The lowest BCUT2D eigenvalue weighted by atomic mass is 9.88. The maximum absolute atomic E-state index is 6.16. The molecule has 6 heteroatoms. The van der Waals surface area contributed by atoms with Gasteiger partial charge in [-0.1, -0.05) is 31.8 Å². The van der Waals surface area contributed by atoms with Gasteiger partial charge in [0, 0.05) is 14.5 Å². The number of rotatable bonds is 3. The molecular weight excluding hydrogens is 339 g/mol. The quantitative estimate of drug-likeness (QED) is 0.755. The third kappa shape index (κ3) is 3.24. The average molecular weight is 364 g/mol. The second-order valence-corrected chi connectivity index (χ2v) is 15.8. The van der Waals surface area contributed by atoms with E-state index in [1.165, 1.54) is 9.75 Å². The molecule has 1 aliphatic rings. The Morgan fingerprint density at radius 3 is 1.87 bits per heavy atom. The van der Waals surface area contributed by atoms with Crippen molar-refractivity contribution in [3.05, 3.63) is 24.3 Å². The van der Waals surface area contributed by atoms with Gasteiger partial charge >= 0.3 is 7.12 Å². The van der Waals surface area contributed by atoms with Crippen molar-refractivity contribution in [1.82, 2.24) is 0 Å². The average Bonchev–Trinajstić information content (AvgIpc) is 3.08. The van der Waals surface area contributed by atoms with Gasteiger partial charge in [0.2, 0.25) is 0 Å². The lowest BCUT2D eigenvalue weighted by molar-refractivity contribution is 0.00578. The van der Waals surface area contributed by atoms with Crippen LogP contribution in [0, 0.1) is 0 Å². The molecule has 0 spiro atoms. The molecule has 124 valence electrons. The molecule has 23 heavy (non-hydrogen) atoms. The molecule has 1 aliphatic heterocycles. The molecule has 0 radical (unpaired) electrons. The minimum Gasteiger partial charge on any atom is -0.399 e. The van der Waals surface area contributed by atoms with Gasteiger partial charge in [-0.15, -0.1) is 22.7 Å². The third-order valence-electron chi connectivity index (χ3n) is 4.70. The van der Waals surface area contributed by atoms with Crippen molar-refractivity contribution in [1.29, 1.82) is 0 Å². The number of thiophene rings is 2. The van der Waals surface area contributed by atoms with Gasteiger partial charge in [-0.25, -0.2) is 0 Å². The van der Waals surface area contributed by atoms with E-state index in [4.69, 9.17) is 9.31 Å². The fourth-order valence-corrected chi connectivity index (χ4v) is 6.40. The first-order chi connectivity index (χ1) is 10.5. The summed E-state index contributed by atoms with van der Waals surface area (Å²) in [6.07, 6.45) is 0.